The van der Waals surface area contributed by atoms with Gasteiger partial charge in [0, 0.05) is 9.26 Å². The summed E-state index contributed by atoms with van der Waals surface area (Å²) in [6, 6.07) is 18.8. The molecule has 3 aromatic carbocycles. The van der Waals surface area contributed by atoms with Crippen molar-refractivity contribution in [3.8, 4) is 17.6 Å². The van der Waals surface area contributed by atoms with Gasteiger partial charge in [0.25, 0.3) is 5.91 Å². The molecule has 1 N–H and O–H groups in total. The first-order valence-corrected chi connectivity index (χ1v) is 11.5. The van der Waals surface area contributed by atoms with Crippen molar-refractivity contribution in [2.45, 2.75) is 20.5 Å². The zero-order valence-electron chi connectivity index (χ0n) is 18.4. The molecule has 0 unspecified atom stereocenters. The maximum Gasteiger partial charge on any atom is 0.266 e. The molecule has 0 atom stereocenters. The van der Waals surface area contributed by atoms with E-state index < -0.39 is 5.91 Å². The molecule has 1 amide bonds. The number of methoxy groups -OCH3 is 1. The Morgan fingerprint density at radius 1 is 1.12 bits per heavy atom. The lowest BCUT2D eigenvalue weighted by Crippen LogP contribution is -2.13. The summed E-state index contributed by atoms with van der Waals surface area (Å²) in [5.74, 6) is 0.300. The highest BCUT2D eigenvalue weighted by Gasteiger charge is 2.15. The second-order valence-electron chi connectivity index (χ2n) is 7.37. The Balaban J connectivity index is 1.81. The van der Waals surface area contributed by atoms with Crippen LogP contribution in [0.3, 0.4) is 0 Å². The van der Waals surface area contributed by atoms with E-state index in [-0.39, 0.29) is 5.57 Å². The third-order valence-electron chi connectivity index (χ3n) is 4.99. The number of halogens is 2. The van der Waals surface area contributed by atoms with Gasteiger partial charge in [-0.05, 0) is 101 Å². The van der Waals surface area contributed by atoms with Crippen molar-refractivity contribution < 1.29 is 14.3 Å². The van der Waals surface area contributed by atoms with Crippen LogP contribution in [0.5, 0.6) is 11.5 Å². The van der Waals surface area contributed by atoms with Gasteiger partial charge in [0.15, 0.2) is 11.5 Å². The lowest BCUT2D eigenvalue weighted by Gasteiger charge is -2.14. The van der Waals surface area contributed by atoms with Crippen LogP contribution >= 0.6 is 34.2 Å². The topological polar surface area (TPSA) is 71.3 Å². The number of carbonyl (C=O) groups excluding carboxylic acids is 1. The summed E-state index contributed by atoms with van der Waals surface area (Å²) in [7, 11) is 1.51. The minimum atomic E-state index is -0.505. The molecule has 3 rings (SSSR count). The number of hydrogen-bond donors (Lipinski definition) is 1. The van der Waals surface area contributed by atoms with Gasteiger partial charge in [0.2, 0.25) is 0 Å². The number of nitriles is 1. The number of benzene rings is 3. The van der Waals surface area contributed by atoms with Crippen LogP contribution in [-0.2, 0) is 11.4 Å². The molecule has 0 saturated heterocycles. The predicted molar refractivity (Wildman–Crippen MR) is 140 cm³/mol. The Kier molecular flexibility index (Phi) is 8.37. The summed E-state index contributed by atoms with van der Waals surface area (Å²) in [5, 5.41) is 12.6. The van der Waals surface area contributed by atoms with Gasteiger partial charge in [-0.25, -0.2) is 0 Å². The van der Waals surface area contributed by atoms with E-state index in [0.717, 1.165) is 20.3 Å². The lowest BCUT2D eigenvalue weighted by molar-refractivity contribution is -0.112. The van der Waals surface area contributed by atoms with Crippen molar-refractivity contribution >= 4 is 51.9 Å². The summed E-state index contributed by atoms with van der Waals surface area (Å²) in [4.78, 5) is 12.6. The molecule has 0 bridgehead atoms. The van der Waals surface area contributed by atoms with E-state index >= 15 is 0 Å². The molecule has 7 heteroatoms. The molecule has 0 radical (unpaired) electrons. The molecule has 0 heterocycles. The summed E-state index contributed by atoms with van der Waals surface area (Å²) in [6.07, 6.45) is 1.47. The summed E-state index contributed by atoms with van der Waals surface area (Å²) < 4.78 is 12.5. The molecular formula is C26H22ClIN2O3. The highest BCUT2D eigenvalue weighted by Crippen LogP contribution is 2.37. The quantitative estimate of drug-likeness (QED) is 0.194. The van der Waals surface area contributed by atoms with Crippen LogP contribution in [0.4, 0.5) is 5.69 Å². The molecule has 168 valence electrons. The molecule has 0 fully saturated rings. The fraction of sp³-hybridized carbons (Fsp3) is 0.154. The number of rotatable bonds is 7. The molecule has 0 aromatic heterocycles. The fourth-order valence-electron chi connectivity index (χ4n) is 3.03. The van der Waals surface area contributed by atoms with Gasteiger partial charge in [-0.1, -0.05) is 29.8 Å². The van der Waals surface area contributed by atoms with Crippen molar-refractivity contribution in [1.29, 1.82) is 5.26 Å². The number of aryl methyl sites for hydroxylation is 2. The third kappa shape index (κ3) is 6.50. The molecular weight excluding hydrogens is 551 g/mol. The summed E-state index contributed by atoms with van der Waals surface area (Å²) >= 11 is 8.70. The van der Waals surface area contributed by atoms with E-state index in [9.17, 15) is 10.1 Å². The van der Waals surface area contributed by atoms with Crippen LogP contribution in [0.25, 0.3) is 6.08 Å². The van der Waals surface area contributed by atoms with Crippen LogP contribution in [-0.4, -0.2) is 13.0 Å². The third-order valence-corrected chi connectivity index (χ3v) is 5.99. The highest BCUT2D eigenvalue weighted by molar-refractivity contribution is 14.1. The Bertz CT molecular complexity index is 1250. The minimum Gasteiger partial charge on any atom is -0.493 e. The number of amides is 1. The zero-order chi connectivity index (χ0) is 24.0. The molecule has 0 aliphatic carbocycles. The molecule has 0 saturated carbocycles. The molecule has 0 aliphatic heterocycles. The average molecular weight is 573 g/mol. The minimum absolute atomic E-state index is 0.0566. The van der Waals surface area contributed by atoms with Crippen LogP contribution in [0, 0.1) is 28.7 Å². The highest BCUT2D eigenvalue weighted by atomic mass is 127. The van der Waals surface area contributed by atoms with Crippen LogP contribution in [0.1, 0.15) is 22.3 Å². The van der Waals surface area contributed by atoms with Crippen molar-refractivity contribution in [1.82, 2.24) is 0 Å². The first-order valence-electron chi connectivity index (χ1n) is 10.1. The largest absolute Gasteiger partial charge is 0.493 e. The first kappa shape index (κ1) is 24.6. The van der Waals surface area contributed by atoms with E-state index in [1.807, 2.05) is 56.3 Å². The van der Waals surface area contributed by atoms with Crippen molar-refractivity contribution in [2.24, 2.45) is 0 Å². The van der Waals surface area contributed by atoms with Gasteiger partial charge in [-0.15, -0.1) is 0 Å². The van der Waals surface area contributed by atoms with Gasteiger partial charge in [-0.3, -0.25) is 4.79 Å². The molecule has 3 aromatic rings. The van der Waals surface area contributed by atoms with Crippen LogP contribution in [0.15, 0.2) is 60.2 Å². The molecule has 0 spiro atoms. The number of nitrogens with one attached hydrogen (secondary N) is 1. The van der Waals surface area contributed by atoms with Gasteiger partial charge in [0.1, 0.15) is 18.2 Å². The van der Waals surface area contributed by atoms with Crippen LogP contribution < -0.4 is 14.8 Å². The normalized spacial score (nSPS) is 11.0. The van der Waals surface area contributed by atoms with Gasteiger partial charge >= 0.3 is 0 Å². The Labute approximate surface area is 212 Å². The van der Waals surface area contributed by atoms with Crippen LogP contribution in [0.2, 0.25) is 5.02 Å². The standard InChI is InChI=1S/C26H22ClIN2O3/c1-16-4-9-22(10-17(16)2)30-26(31)20(14-29)11-19-12-23(27)25(24(13-19)32-3)33-15-18-5-7-21(28)8-6-18/h4-13H,15H2,1-3H3,(H,30,31)/b20-11+. The first-order chi connectivity index (χ1) is 15.8. The Morgan fingerprint density at radius 3 is 2.48 bits per heavy atom. The summed E-state index contributed by atoms with van der Waals surface area (Å²) in [5.41, 5.74) is 4.28. The SMILES string of the molecule is COc1cc(/C=C(\C#N)C(=O)Nc2ccc(C)c(C)c2)cc(Cl)c1OCc1ccc(I)cc1. The molecule has 5 nitrogen and oxygen atoms in total. The Hall–Kier alpha value is -3.02. The van der Waals surface area contributed by atoms with Crippen molar-refractivity contribution in [3.05, 3.63) is 91.0 Å². The number of anilines is 1. The van der Waals surface area contributed by atoms with E-state index in [1.165, 1.54) is 13.2 Å². The lowest BCUT2D eigenvalue weighted by atomic mass is 10.1. The average Bonchev–Trinajstić information content (AvgIpc) is 2.79. The second kappa shape index (κ2) is 11.2. The van der Waals surface area contributed by atoms with Crippen molar-refractivity contribution in [3.63, 3.8) is 0 Å². The van der Waals surface area contributed by atoms with E-state index in [4.69, 9.17) is 21.1 Å². The number of nitrogens with zero attached hydrogens (tertiary/aromatic N) is 1. The van der Waals surface area contributed by atoms with E-state index in [2.05, 4.69) is 27.9 Å². The maximum absolute atomic E-state index is 12.6. The second-order valence-corrected chi connectivity index (χ2v) is 9.03. The summed E-state index contributed by atoms with van der Waals surface area (Å²) in [6.45, 7) is 4.28. The van der Waals surface area contributed by atoms with E-state index in [1.54, 1.807) is 18.2 Å². The molecule has 0 aliphatic rings. The fourth-order valence-corrected chi connectivity index (χ4v) is 3.67. The predicted octanol–water partition coefficient (Wildman–Crippen LogP) is 6.69. The number of hydrogen-bond acceptors (Lipinski definition) is 4. The monoisotopic (exact) mass is 572 g/mol. The smallest absolute Gasteiger partial charge is 0.266 e. The maximum atomic E-state index is 12.6. The van der Waals surface area contributed by atoms with E-state index in [0.29, 0.717) is 34.4 Å². The Morgan fingerprint density at radius 2 is 1.85 bits per heavy atom. The van der Waals surface area contributed by atoms with Gasteiger partial charge < -0.3 is 14.8 Å². The van der Waals surface area contributed by atoms with Gasteiger partial charge in [0.05, 0.1) is 12.1 Å². The van der Waals surface area contributed by atoms with Gasteiger partial charge in [-0.2, -0.15) is 5.26 Å². The van der Waals surface area contributed by atoms with Crippen molar-refractivity contribution in [2.75, 3.05) is 12.4 Å². The number of carbonyl (C=O) groups is 1. The number of ether oxygens (including phenoxy) is 2. The zero-order valence-corrected chi connectivity index (χ0v) is 21.3. The molecule has 33 heavy (non-hydrogen) atoms.